The average molecular weight is 355 g/mol. The molecule has 0 radical (unpaired) electrons. The zero-order chi connectivity index (χ0) is 18.1. The molecule has 26 heavy (non-hydrogen) atoms. The van der Waals surface area contributed by atoms with Crippen molar-refractivity contribution < 1.29 is 9.32 Å². The van der Waals surface area contributed by atoms with E-state index in [0.29, 0.717) is 17.6 Å². The van der Waals surface area contributed by atoms with Crippen molar-refractivity contribution in [1.29, 1.82) is 0 Å². The van der Waals surface area contributed by atoms with Crippen LogP contribution in [0.1, 0.15) is 44.9 Å². The molecule has 2 aliphatic rings. The zero-order valence-corrected chi connectivity index (χ0v) is 15.4. The van der Waals surface area contributed by atoms with E-state index in [1.807, 2.05) is 30.9 Å². The topological polar surface area (TPSA) is 75.4 Å². The molecule has 1 saturated heterocycles. The van der Waals surface area contributed by atoms with E-state index in [2.05, 4.69) is 20.0 Å². The molecular weight excluding hydrogens is 330 g/mol. The molecule has 7 nitrogen and oxygen atoms in total. The van der Waals surface area contributed by atoms with Crippen LogP contribution in [0.4, 0.5) is 5.82 Å². The number of anilines is 1. The molecule has 2 fully saturated rings. The van der Waals surface area contributed by atoms with Gasteiger partial charge in [0.1, 0.15) is 5.82 Å². The predicted octanol–water partition coefficient (Wildman–Crippen LogP) is 2.70. The van der Waals surface area contributed by atoms with Crippen LogP contribution in [0.2, 0.25) is 0 Å². The van der Waals surface area contributed by atoms with Crippen molar-refractivity contribution in [2.45, 2.75) is 39.0 Å². The molecule has 1 aliphatic heterocycles. The van der Waals surface area contributed by atoms with Gasteiger partial charge in [0.05, 0.1) is 0 Å². The smallest absolute Gasteiger partial charge is 0.258 e. The molecule has 1 aliphatic carbocycles. The first kappa shape index (κ1) is 17.0. The van der Waals surface area contributed by atoms with Gasteiger partial charge in [-0.2, -0.15) is 4.98 Å². The van der Waals surface area contributed by atoms with Crippen molar-refractivity contribution in [2.75, 3.05) is 31.1 Å². The van der Waals surface area contributed by atoms with Gasteiger partial charge in [0.2, 0.25) is 5.91 Å². The van der Waals surface area contributed by atoms with Crippen LogP contribution in [-0.4, -0.2) is 52.1 Å². The number of nitrogens with zero attached hydrogens (tertiary/aromatic N) is 5. The van der Waals surface area contributed by atoms with E-state index in [1.165, 1.54) is 0 Å². The highest BCUT2D eigenvalue weighted by molar-refractivity contribution is 5.81. The number of aromatic nitrogens is 3. The van der Waals surface area contributed by atoms with Crippen LogP contribution in [0.3, 0.4) is 0 Å². The van der Waals surface area contributed by atoms with Crippen molar-refractivity contribution in [2.24, 2.45) is 5.92 Å². The van der Waals surface area contributed by atoms with Gasteiger partial charge in [0.25, 0.3) is 5.89 Å². The minimum atomic E-state index is 0.231. The SMILES string of the molecule is CC(C)c1noc(-c2ccnc(N3CCCN(C(=O)C4CC4)CC3)c2)n1. The second-order valence-corrected chi connectivity index (χ2v) is 7.46. The molecule has 138 valence electrons. The van der Waals surface area contributed by atoms with Crippen molar-refractivity contribution in [3.05, 3.63) is 24.2 Å². The number of amides is 1. The fourth-order valence-corrected chi connectivity index (χ4v) is 3.27. The van der Waals surface area contributed by atoms with Crippen LogP contribution in [0, 0.1) is 5.92 Å². The molecule has 1 amide bonds. The number of pyridine rings is 1. The van der Waals surface area contributed by atoms with Gasteiger partial charge in [0, 0.05) is 49.8 Å². The lowest BCUT2D eigenvalue weighted by Crippen LogP contribution is -2.36. The van der Waals surface area contributed by atoms with Gasteiger partial charge in [-0.3, -0.25) is 4.79 Å². The molecule has 7 heteroatoms. The van der Waals surface area contributed by atoms with Crippen LogP contribution >= 0.6 is 0 Å². The van der Waals surface area contributed by atoms with Gasteiger partial charge >= 0.3 is 0 Å². The Morgan fingerprint density at radius 3 is 2.81 bits per heavy atom. The number of carbonyl (C=O) groups is 1. The van der Waals surface area contributed by atoms with Gasteiger partial charge in [-0.05, 0) is 31.4 Å². The van der Waals surface area contributed by atoms with Gasteiger partial charge in [-0.25, -0.2) is 4.98 Å². The second-order valence-electron chi connectivity index (χ2n) is 7.46. The minimum Gasteiger partial charge on any atom is -0.355 e. The molecule has 1 saturated carbocycles. The first-order valence-corrected chi connectivity index (χ1v) is 9.45. The van der Waals surface area contributed by atoms with Crippen LogP contribution in [-0.2, 0) is 4.79 Å². The molecule has 2 aromatic rings. The number of carbonyl (C=O) groups excluding carboxylic acids is 1. The standard InChI is InChI=1S/C19H25N5O2/c1-13(2)17-21-18(26-22-17)15-6-7-20-16(12-15)23-8-3-9-24(11-10-23)19(25)14-4-5-14/h6-7,12-14H,3-5,8-11H2,1-2H3. The van der Waals surface area contributed by atoms with E-state index >= 15 is 0 Å². The lowest BCUT2D eigenvalue weighted by atomic mass is 10.2. The Labute approximate surface area is 153 Å². The lowest BCUT2D eigenvalue weighted by molar-refractivity contribution is -0.132. The normalized spacial score (nSPS) is 18.3. The average Bonchev–Trinajstić information content (AvgIpc) is 3.42. The van der Waals surface area contributed by atoms with Gasteiger partial charge in [0.15, 0.2) is 5.82 Å². The highest BCUT2D eigenvalue weighted by Crippen LogP contribution is 2.31. The molecular formula is C19H25N5O2. The van der Waals surface area contributed by atoms with E-state index in [0.717, 1.165) is 56.8 Å². The third kappa shape index (κ3) is 3.57. The second kappa shape index (κ2) is 7.05. The Morgan fingerprint density at radius 2 is 2.08 bits per heavy atom. The van der Waals surface area contributed by atoms with Gasteiger partial charge in [-0.1, -0.05) is 19.0 Å². The predicted molar refractivity (Wildman–Crippen MR) is 97.8 cm³/mol. The molecule has 0 N–H and O–H groups in total. The number of hydrogen-bond donors (Lipinski definition) is 0. The van der Waals surface area contributed by atoms with Crippen molar-refractivity contribution in [3.8, 4) is 11.5 Å². The molecule has 0 unspecified atom stereocenters. The van der Waals surface area contributed by atoms with Crippen molar-refractivity contribution in [3.63, 3.8) is 0 Å². The van der Waals surface area contributed by atoms with Crippen molar-refractivity contribution in [1.82, 2.24) is 20.0 Å². The Kier molecular flexibility index (Phi) is 4.61. The maximum atomic E-state index is 12.3. The van der Waals surface area contributed by atoms with Gasteiger partial charge < -0.3 is 14.3 Å². The highest BCUT2D eigenvalue weighted by atomic mass is 16.5. The van der Waals surface area contributed by atoms with Gasteiger partial charge in [-0.15, -0.1) is 0 Å². The van der Waals surface area contributed by atoms with Crippen LogP contribution in [0.25, 0.3) is 11.5 Å². The summed E-state index contributed by atoms with van der Waals surface area (Å²) in [6.45, 7) is 7.38. The van der Waals surface area contributed by atoms with Crippen LogP contribution in [0.5, 0.6) is 0 Å². The number of rotatable bonds is 4. The maximum absolute atomic E-state index is 12.3. The van der Waals surface area contributed by atoms with Crippen LogP contribution in [0.15, 0.2) is 22.9 Å². The summed E-state index contributed by atoms with van der Waals surface area (Å²) in [5.41, 5.74) is 0.879. The van der Waals surface area contributed by atoms with E-state index in [1.54, 1.807) is 6.20 Å². The molecule has 0 spiro atoms. The molecule has 0 bridgehead atoms. The highest BCUT2D eigenvalue weighted by Gasteiger charge is 2.34. The fourth-order valence-electron chi connectivity index (χ4n) is 3.27. The Bertz CT molecular complexity index is 784. The molecule has 3 heterocycles. The van der Waals surface area contributed by atoms with E-state index in [4.69, 9.17) is 4.52 Å². The monoisotopic (exact) mass is 355 g/mol. The Morgan fingerprint density at radius 1 is 1.23 bits per heavy atom. The summed E-state index contributed by atoms with van der Waals surface area (Å²) in [4.78, 5) is 25.6. The Hall–Kier alpha value is -2.44. The first-order valence-electron chi connectivity index (χ1n) is 9.45. The molecule has 0 aromatic carbocycles. The van der Waals surface area contributed by atoms with E-state index < -0.39 is 0 Å². The van der Waals surface area contributed by atoms with Crippen molar-refractivity contribution >= 4 is 11.7 Å². The lowest BCUT2D eigenvalue weighted by Gasteiger charge is -2.23. The summed E-state index contributed by atoms with van der Waals surface area (Å²) in [6, 6.07) is 3.89. The third-order valence-electron chi connectivity index (χ3n) is 5.01. The molecule has 0 atom stereocenters. The van der Waals surface area contributed by atoms with E-state index in [-0.39, 0.29) is 11.8 Å². The largest absolute Gasteiger partial charge is 0.355 e. The summed E-state index contributed by atoms with van der Waals surface area (Å²) < 4.78 is 5.40. The molecule has 4 rings (SSSR count). The summed E-state index contributed by atoms with van der Waals surface area (Å²) in [5, 5.41) is 4.04. The minimum absolute atomic E-state index is 0.231. The quantitative estimate of drug-likeness (QED) is 0.839. The Balaban J connectivity index is 1.48. The third-order valence-corrected chi connectivity index (χ3v) is 5.01. The first-order chi connectivity index (χ1) is 12.6. The van der Waals surface area contributed by atoms with E-state index in [9.17, 15) is 4.79 Å². The summed E-state index contributed by atoms with van der Waals surface area (Å²) in [7, 11) is 0. The summed E-state index contributed by atoms with van der Waals surface area (Å²) in [6.07, 6.45) is 4.86. The maximum Gasteiger partial charge on any atom is 0.258 e. The fraction of sp³-hybridized carbons (Fsp3) is 0.579. The van der Waals surface area contributed by atoms with Crippen LogP contribution < -0.4 is 4.90 Å². The molecule has 2 aromatic heterocycles. The number of hydrogen-bond acceptors (Lipinski definition) is 6. The zero-order valence-electron chi connectivity index (χ0n) is 15.4. The summed E-state index contributed by atoms with van der Waals surface area (Å²) >= 11 is 0. The summed E-state index contributed by atoms with van der Waals surface area (Å²) in [5.74, 6) is 2.98.